The third-order valence-electron chi connectivity index (χ3n) is 3.74. The largest absolute Gasteiger partial charge is 0.466 e. The fraction of sp³-hybridized carbons (Fsp3) is 0.786. The topological polar surface area (TPSA) is 32.8 Å². The first kappa shape index (κ1) is 15.2. The molecule has 0 spiro atoms. The standard InChI is InChI=1S/C14H26N2O2/c1-6-12(14(17)18-5)7-8-16-9-11(2)13(10-16)15(3)4/h7,11,13H,6,8-10H2,1-5H3. The highest BCUT2D eigenvalue weighted by Crippen LogP contribution is 2.20. The smallest absolute Gasteiger partial charge is 0.333 e. The fourth-order valence-corrected chi connectivity index (χ4v) is 2.61. The summed E-state index contributed by atoms with van der Waals surface area (Å²) in [5.41, 5.74) is 0.776. The normalized spacial score (nSPS) is 25.8. The molecule has 1 fully saturated rings. The van der Waals surface area contributed by atoms with E-state index in [0.29, 0.717) is 12.0 Å². The number of carbonyl (C=O) groups excluding carboxylic acids is 1. The molecule has 1 rings (SSSR count). The van der Waals surface area contributed by atoms with E-state index in [4.69, 9.17) is 4.74 Å². The average Bonchev–Trinajstić information content (AvgIpc) is 2.71. The minimum atomic E-state index is -0.200. The maximum atomic E-state index is 11.5. The van der Waals surface area contributed by atoms with Gasteiger partial charge in [0.05, 0.1) is 7.11 Å². The van der Waals surface area contributed by atoms with Gasteiger partial charge in [0.2, 0.25) is 0 Å². The lowest BCUT2D eigenvalue weighted by molar-refractivity contribution is -0.136. The summed E-state index contributed by atoms with van der Waals surface area (Å²) in [4.78, 5) is 16.2. The van der Waals surface area contributed by atoms with Crippen molar-refractivity contribution in [1.82, 2.24) is 9.80 Å². The van der Waals surface area contributed by atoms with Gasteiger partial charge in [0.1, 0.15) is 0 Å². The summed E-state index contributed by atoms with van der Waals surface area (Å²) in [6.07, 6.45) is 2.74. The number of nitrogens with zero attached hydrogens (tertiary/aromatic N) is 2. The molecular weight excluding hydrogens is 228 g/mol. The number of likely N-dealkylation sites (tertiary alicyclic amines) is 1. The van der Waals surface area contributed by atoms with Crippen molar-refractivity contribution >= 4 is 5.97 Å². The van der Waals surface area contributed by atoms with E-state index in [1.54, 1.807) is 0 Å². The molecule has 1 heterocycles. The molecule has 4 heteroatoms. The van der Waals surface area contributed by atoms with Crippen LogP contribution in [-0.4, -0.2) is 62.7 Å². The number of hydrogen-bond donors (Lipinski definition) is 0. The van der Waals surface area contributed by atoms with Crippen molar-refractivity contribution in [3.8, 4) is 0 Å². The zero-order chi connectivity index (χ0) is 13.7. The summed E-state index contributed by atoms with van der Waals surface area (Å²) >= 11 is 0. The predicted molar refractivity (Wildman–Crippen MR) is 73.5 cm³/mol. The second-order valence-corrected chi connectivity index (χ2v) is 5.30. The van der Waals surface area contributed by atoms with Gasteiger partial charge in [-0.05, 0) is 26.4 Å². The second kappa shape index (κ2) is 6.90. The van der Waals surface area contributed by atoms with E-state index in [9.17, 15) is 4.79 Å². The van der Waals surface area contributed by atoms with Gasteiger partial charge in [0.15, 0.2) is 0 Å². The van der Waals surface area contributed by atoms with Crippen LogP contribution in [0.1, 0.15) is 20.3 Å². The molecule has 0 saturated carbocycles. The van der Waals surface area contributed by atoms with Gasteiger partial charge in [-0.1, -0.05) is 19.9 Å². The van der Waals surface area contributed by atoms with Gasteiger partial charge in [0, 0.05) is 31.2 Å². The summed E-state index contributed by atoms with van der Waals surface area (Å²) in [5.74, 6) is 0.477. The Labute approximate surface area is 111 Å². The molecule has 4 nitrogen and oxygen atoms in total. The Morgan fingerprint density at radius 1 is 1.44 bits per heavy atom. The molecule has 1 aliphatic rings. The Morgan fingerprint density at radius 2 is 2.11 bits per heavy atom. The molecule has 2 unspecified atom stereocenters. The van der Waals surface area contributed by atoms with Crippen LogP contribution in [0.5, 0.6) is 0 Å². The van der Waals surface area contributed by atoms with Crippen LogP contribution in [0.3, 0.4) is 0 Å². The van der Waals surface area contributed by atoms with E-state index in [0.717, 1.165) is 31.6 Å². The highest BCUT2D eigenvalue weighted by Gasteiger charge is 2.30. The van der Waals surface area contributed by atoms with E-state index in [2.05, 4.69) is 30.8 Å². The first-order valence-electron chi connectivity index (χ1n) is 6.65. The molecule has 0 bridgehead atoms. The lowest BCUT2D eigenvalue weighted by Gasteiger charge is -2.22. The molecule has 0 aromatic heterocycles. The molecular formula is C14H26N2O2. The zero-order valence-corrected chi connectivity index (χ0v) is 12.3. The Bertz CT molecular complexity index is 313. The highest BCUT2D eigenvalue weighted by molar-refractivity contribution is 5.88. The number of rotatable bonds is 5. The summed E-state index contributed by atoms with van der Waals surface area (Å²) in [5, 5.41) is 0. The molecule has 18 heavy (non-hydrogen) atoms. The van der Waals surface area contributed by atoms with Crippen LogP contribution in [0.2, 0.25) is 0 Å². The third kappa shape index (κ3) is 3.82. The minimum Gasteiger partial charge on any atom is -0.466 e. The first-order valence-corrected chi connectivity index (χ1v) is 6.65. The van der Waals surface area contributed by atoms with Crippen LogP contribution >= 0.6 is 0 Å². The lowest BCUT2D eigenvalue weighted by atomic mass is 10.1. The van der Waals surface area contributed by atoms with E-state index in [1.165, 1.54) is 7.11 Å². The van der Waals surface area contributed by atoms with Crippen LogP contribution < -0.4 is 0 Å². The SMILES string of the molecule is CCC(=CCN1CC(C)C(N(C)C)C1)C(=O)OC. The van der Waals surface area contributed by atoms with Crippen molar-refractivity contribution < 1.29 is 9.53 Å². The molecule has 0 radical (unpaired) electrons. The third-order valence-corrected chi connectivity index (χ3v) is 3.74. The van der Waals surface area contributed by atoms with Crippen LogP contribution in [-0.2, 0) is 9.53 Å². The molecule has 1 saturated heterocycles. The fourth-order valence-electron chi connectivity index (χ4n) is 2.61. The van der Waals surface area contributed by atoms with E-state index in [-0.39, 0.29) is 5.97 Å². The molecule has 1 aliphatic heterocycles. The summed E-state index contributed by atoms with van der Waals surface area (Å²) < 4.78 is 4.76. The van der Waals surface area contributed by atoms with Crippen LogP contribution in [0, 0.1) is 5.92 Å². The van der Waals surface area contributed by atoms with Gasteiger partial charge in [-0.15, -0.1) is 0 Å². The van der Waals surface area contributed by atoms with Crippen molar-refractivity contribution in [3.05, 3.63) is 11.6 Å². The van der Waals surface area contributed by atoms with Gasteiger partial charge in [-0.2, -0.15) is 0 Å². The van der Waals surface area contributed by atoms with Crippen LogP contribution in [0.25, 0.3) is 0 Å². The number of methoxy groups -OCH3 is 1. The monoisotopic (exact) mass is 254 g/mol. The van der Waals surface area contributed by atoms with Gasteiger partial charge < -0.3 is 9.64 Å². The molecule has 0 N–H and O–H groups in total. The number of likely N-dealkylation sites (N-methyl/N-ethyl adjacent to an activating group) is 1. The van der Waals surface area contributed by atoms with Crippen molar-refractivity contribution in [2.75, 3.05) is 40.8 Å². The van der Waals surface area contributed by atoms with Gasteiger partial charge in [0.25, 0.3) is 0 Å². The molecule has 0 aromatic carbocycles. The summed E-state index contributed by atoms with van der Waals surface area (Å²) in [6.45, 7) is 7.28. The van der Waals surface area contributed by atoms with Crippen LogP contribution in [0.15, 0.2) is 11.6 Å². The van der Waals surface area contributed by atoms with Crippen LogP contribution in [0.4, 0.5) is 0 Å². The Kier molecular flexibility index (Phi) is 5.82. The number of esters is 1. The molecule has 0 aliphatic carbocycles. The Hall–Kier alpha value is -0.870. The number of carbonyl (C=O) groups is 1. The Morgan fingerprint density at radius 3 is 2.56 bits per heavy atom. The molecule has 2 atom stereocenters. The highest BCUT2D eigenvalue weighted by atomic mass is 16.5. The zero-order valence-electron chi connectivity index (χ0n) is 12.3. The van der Waals surface area contributed by atoms with Gasteiger partial charge in [-0.25, -0.2) is 4.79 Å². The van der Waals surface area contributed by atoms with E-state index in [1.807, 2.05) is 13.0 Å². The van der Waals surface area contributed by atoms with E-state index < -0.39 is 0 Å². The molecule has 0 amide bonds. The number of ether oxygens (including phenoxy) is 1. The average molecular weight is 254 g/mol. The molecule has 104 valence electrons. The lowest BCUT2D eigenvalue weighted by Crippen LogP contribution is -2.34. The summed E-state index contributed by atoms with van der Waals surface area (Å²) in [7, 11) is 5.70. The van der Waals surface area contributed by atoms with Crippen molar-refractivity contribution in [1.29, 1.82) is 0 Å². The Balaban J connectivity index is 2.54. The summed E-state index contributed by atoms with van der Waals surface area (Å²) in [6, 6.07) is 0.613. The predicted octanol–water partition coefficient (Wildman–Crippen LogP) is 1.38. The second-order valence-electron chi connectivity index (χ2n) is 5.30. The molecule has 0 aromatic rings. The van der Waals surface area contributed by atoms with E-state index >= 15 is 0 Å². The van der Waals surface area contributed by atoms with Gasteiger partial charge >= 0.3 is 5.97 Å². The van der Waals surface area contributed by atoms with Crippen molar-refractivity contribution in [2.45, 2.75) is 26.3 Å². The van der Waals surface area contributed by atoms with Crippen molar-refractivity contribution in [2.24, 2.45) is 5.92 Å². The quantitative estimate of drug-likeness (QED) is 0.548. The van der Waals surface area contributed by atoms with Gasteiger partial charge in [-0.3, -0.25) is 4.90 Å². The maximum absolute atomic E-state index is 11.5. The number of hydrogen-bond acceptors (Lipinski definition) is 4. The minimum absolute atomic E-state index is 0.200. The first-order chi connectivity index (χ1) is 8.49. The van der Waals surface area contributed by atoms with Crippen molar-refractivity contribution in [3.63, 3.8) is 0 Å². The maximum Gasteiger partial charge on any atom is 0.333 e.